The van der Waals surface area contributed by atoms with Crippen molar-refractivity contribution in [1.29, 1.82) is 5.39 Å². The standard InChI is InChI=1S/C9H14N2O2/c10-11-7-8(12)6-9-4-2-1-3-5-13-9/h7,9H,1-6H2/p+1/b8-7-. The lowest BCUT2D eigenvalue weighted by atomic mass is 10.1. The molecule has 1 aliphatic heterocycles. The summed E-state index contributed by atoms with van der Waals surface area (Å²) in [6.45, 7) is 0.772. The van der Waals surface area contributed by atoms with Crippen LogP contribution >= 0.6 is 0 Å². The highest BCUT2D eigenvalue weighted by atomic mass is 16.5. The van der Waals surface area contributed by atoms with Crippen LogP contribution in [0.25, 0.3) is 4.98 Å². The molecule has 0 spiro atoms. The third-order valence-electron chi connectivity index (χ3n) is 2.17. The van der Waals surface area contributed by atoms with E-state index >= 15 is 0 Å². The van der Waals surface area contributed by atoms with Gasteiger partial charge in [0.1, 0.15) is 0 Å². The first-order chi connectivity index (χ1) is 6.33. The molecule has 72 valence electrons. The lowest BCUT2D eigenvalue weighted by molar-refractivity contribution is 0.0521. The van der Waals surface area contributed by atoms with Gasteiger partial charge in [-0.2, -0.15) is 0 Å². The molecule has 0 aromatic rings. The predicted molar refractivity (Wildman–Crippen MR) is 48.6 cm³/mol. The maximum Gasteiger partial charge on any atom is 0.387 e. The Kier molecular flexibility index (Phi) is 4.27. The van der Waals surface area contributed by atoms with Gasteiger partial charge < -0.3 is 9.84 Å². The van der Waals surface area contributed by atoms with Crippen LogP contribution in [0, 0.1) is 5.39 Å². The van der Waals surface area contributed by atoms with Crippen molar-refractivity contribution in [2.24, 2.45) is 0 Å². The Bertz CT molecular complexity index is 212. The molecule has 4 nitrogen and oxygen atoms in total. The Labute approximate surface area is 77.8 Å². The van der Waals surface area contributed by atoms with E-state index in [0.717, 1.165) is 32.1 Å². The van der Waals surface area contributed by atoms with Gasteiger partial charge in [-0.1, -0.05) is 12.8 Å². The molecule has 0 aromatic heterocycles. The summed E-state index contributed by atoms with van der Waals surface area (Å²) in [4.78, 5) is 2.76. The summed E-state index contributed by atoms with van der Waals surface area (Å²) < 4.78 is 5.50. The van der Waals surface area contributed by atoms with Gasteiger partial charge in [-0.05, 0) is 12.8 Å². The molecule has 1 heterocycles. The monoisotopic (exact) mass is 183 g/mol. The first-order valence-electron chi connectivity index (χ1n) is 4.66. The summed E-state index contributed by atoms with van der Waals surface area (Å²) in [5.41, 5.74) is 0. The quantitative estimate of drug-likeness (QED) is 0.528. The first kappa shape index (κ1) is 10.0. The zero-order valence-electron chi connectivity index (χ0n) is 7.65. The molecule has 0 amide bonds. The fraction of sp³-hybridized carbons (Fsp3) is 0.778. The molecule has 1 N–H and O–H groups in total. The summed E-state index contributed by atoms with van der Waals surface area (Å²) in [5, 5.41) is 17.4. The molecule has 0 bridgehead atoms. The zero-order valence-corrected chi connectivity index (χ0v) is 7.65. The fourth-order valence-corrected chi connectivity index (χ4v) is 1.50. The Morgan fingerprint density at radius 3 is 3.15 bits per heavy atom. The van der Waals surface area contributed by atoms with E-state index in [-0.39, 0.29) is 11.9 Å². The summed E-state index contributed by atoms with van der Waals surface area (Å²) in [6.07, 6.45) is 6.01. The van der Waals surface area contributed by atoms with Gasteiger partial charge in [0.25, 0.3) is 0 Å². The van der Waals surface area contributed by atoms with Crippen LogP contribution in [0.1, 0.15) is 32.1 Å². The molecule has 1 saturated heterocycles. The van der Waals surface area contributed by atoms with E-state index in [1.165, 1.54) is 6.42 Å². The second-order valence-corrected chi connectivity index (χ2v) is 3.28. The molecular formula is C9H15N2O2+. The van der Waals surface area contributed by atoms with Gasteiger partial charge in [-0.15, -0.1) is 0 Å². The molecule has 0 saturated carbocycles. The largest absolute Gasteiger partial charge is 0.505 e. The van der Waals surface area contributed by atoms with E-state index < -0.39 is 0 Å². The van der Waals surface area contributed by atoms with Crippen molar-refractivity contribution in [3.63, 3.8) is 0 Å². The minimum atomic E-state index is 0.0781. The average Bonchev–Trinajstić information content (AvgIpc) is 2.33. The van der Waals surface area contributed by atoms with Gasteiger partial charge in [0, 0.05) is 13.0 Å². The van der Waals surface area contributed by atoms with Crippen molar-refractivity contribution in [3.8, 4) is 0 Å². The van der Waals surface area contributed by atoms with Gasteiger partial charge in [0.2, 0.25) is 5.39 Å². The van der Waals surface area contributed by atoms with Crippen LogP contribution in [0.4, 0.5) is 0 Å². The van der Waals surface area contributed by atoms with Gasteiger partial charge >= 0.3 is 6.20 Å². The molecule has 1 fully saturated rings. The molecule has 1 aliphatic rings. The Hall–Kier alpha value is -1.08. The van der Waals surface area contributed by atoms with E-state index in [4.69, 9.17) is 10.1 Å². The number of hydrogen-bond donors (Lipinski definition) is 1. The number of diazo groups is 1. The van der Waals surface area contributed by atoms with Crippen LogP contribution in [0.2, 0.25) is 0 Å². The minimum Gasteiger partial charge on any atom is -0.505 e. The number of nitrogens with zero attached hydrogens (tertiary/aromatic N) is 2. The highest BCUT2D eigenvalue weighted by Crippen LogP contribution is 2.18. The van der Waals surface area contributed by atoms with Crippen molar-refractivity contribution in [2.75, 3.05) is 6.61 Å². The summed E-state index contributed by atoms with van der Waals surface area (Å²) in [5.74, 6) is 0.0781. The Morgan fingerprint density at radius 1 is 1.54 bits per heavy atom. The second kappa shape index (κ2) is 5.55. The Balaban J connectivity index is 2.34. The van der Waals surface area contributed by atoms with Crippen molar-refractivity contribution in [2.45, 2.75) is 38.2 Å². The van der Waals surface area contributed by atoms with E-state index in [1.54, 1.807) is 0 Å². The number of aliphatic hydroxyl groups excluding tert-OH is 1. The molecular weight excluding hydrogens is 168 g/mol. The third-order valence-corrected chi connectivity index (χ3v) is 2.17. The highest BCUT2D eigenvalue weighted by molar-refractivity contribution is 4.97. The van der Waals surface area contributed by atoms with Crippen LogP contribution in [-0.2, 0) is 4.74 Å². The summed E-state index contributed by atoms with van der Waals surface area (Å²) in [6, 6.07) is 0. The van der Waals surface area contributed by atoms with Gasteiger partial charge in [-0.25, -0.2) is 0 Å². The van der Waals surface area contributed by atoms with Gasteiger partial charge in [-0.3, -0.25) is 0 Å². The predicted octanol–water partition coefficient (Wildman–Crippen LogP) is 2.59. The second-order valence-electron chi connectivity index (χ2n) is 3.28. The number of aliphatic hydroxyl groups is 1. The highest BCUT2D eigenvalue weighted by Gasteiger charge is 2.15. The maximum atomic E-state index is 9.22. The van der Waals surface area contributed by atoms with Crippen molar-refractivity contribution >= 4 is 0 Å². The lowest BCUT2D eigenvalue weighted by Crippen LogP contribution is -2.12. The topological polar surface area (TPSA) is 57.6 Å². The average molecular weight is 183 g/mol. The molecule has 4 heteroatoms. The van der Waals surface area contributed by atoms with E-state index in [9.17, 15) is 5.11 Å². The zero-order chi connectivity index (χ0) is 9.52. The van der Waals surface area contributed by atoms with Crippen molar-refractivity contribution < 1.29 is 9.84 Å². The van der Waals surface area contributed by atoms with Crippen LogP contribution in [-0.4, -0.2) is 17.8 Å². The third kappa shape index (κ3) is 3.90. The van der Waals surface area contributed by atoms with E-state index in [1.807, 2.05) is 0 Å². The molecule has 0 radical (unpaired) electrons. The molecule has 1 rings (SSSR count). The molecule has 1 atom stereocenters. The maximum absolute atomic E-state index is 9.22. The van der Waals surface area contributed by atoms with Crippen LogP contribution < -0.4 is 0 Å². The minimum absolute atomic E-state index is 0.0781. The lowest BCUT2D eigenvalue weighted by Gasteiger charge is -2.12. The van der Waals surface area contributed by atoms with Gasteiger partial charge in [0.15, 0.2) is 10.7 Å². The van der Waals surface area contributed by atoms with Crippen molar-refractivity contribution in [1.82, 2.24) is 0 Å². The Morgan fingerprint density at radius 2 is 2.38 bits per heavy atom. The molecule has 13 heavy (non-hydrogen) atoms. The van der Waals surface area contributed by atoms with Crippen LogP contribution in [0.15, 0.2) is 12.0 Å². The van der Waals surface area contributed by atoms with Crippen molar-refractivity contribution in [3.05, 3.63) is 16.9 Å². The SMILES string of the molecule is N#[N+]/C=C(\O)CC1CCCCCO1. The molecule has 1 unspecified atom stereocenters. The summed E-state index contributed by atoms with van der Waals surface area (Å²) in [7, 11) is 0. The fourth-order valence-electron chi connectivity index (χ4n) is 1.50. The van der Waals surface area contributed by atoms with Gasteiger partial charge in [0.05, 0.1) is 6.10 Å². The normalized spacial score (nSPS) is 24.8. The smallest absolute Gasteiger partial charge is 0.387 e. The van der Waals surface area contributed by atoms with Crippen LogP contribution in [0.5, 0.6) is 0 Å². The summed E-state index contributed by atoms with van der Waals surface area (Å²) >= 11 is 0. The molecule has 0 aromatic carbocycles. The number of hydrogen-bond acceptors (Lipinski definition) is 3. The van der Waals surface area contributed by atoms with Crippen LogP contribution in [0.3, 0.4) is 0 Å². The number of rotatable bonds is 2. The number of ether oxygens (including phenoxy) is 1. The van der Waals surface area contributed by atoms with E-state index in [2.05, 4.69) is 4.98 Å². The first-order valence-corrected chi connectivity index (χ1v) is 4.66. The van der Waals surface area contributed by atoms with E-state index in [0.29, 0.717) is 6.42 Å². The molecule has 0 aliphatic carbocycles.